The Labute approximate surface area is 126 Å². The zero-order chi connectivity index (χ0) is 15.0. The molecule has 3 rings (SSSR count). The highest BCUT2D eigenvalue weighted by atomic mass is 32.1. The maximum Gasteiger partial charge on any atom is 0.336 e. The molecule has 0 aliphatic carbocycles. The molecule has 21 heavy (non-hydrogen) atoms. The third-order valence-electron chi connectivity index (χ3n) is 3.53. The van der Waals surface area contributed by atoms with Crippen molar-refractivity contribution in [2.24, 2.45) is 0 Å². The number of carbonyl (C=O) groups is 1. The minimum Gasteiger partial charge on any atom is -0.478 e. The number of aromatic carboxylic acids is 1. The van der Waals surface area contributed by atoms with Crippen LogP contribution in [0, 0.1) is 6.92 Å². The lowest BCUT2D eigenvalue weighted by molar-refractivity contribution is 0.0699. The summed E-state index contributed by atoms with van der Waals surface area (Å²) in [4.78, 5) is 18.5. The monoisotopic (exact) mass is 297 g/mol. The summed E-state index contributed by atoms with van der Waals surface area (Å²) in [5.41, 5.74) is 2.92. The molecule has 0 saturated carbocycles. The number of hydrogen-bond donors (Lipinski definition) is 1. The highest BCUT2D eigenvalue weighted by molar-refractivity contribution is 7.15. The van der Waals surface area contributed by atoms with Gasteiger partial charge in [-0.25, -0.2) is 9.78 Å². The van der Waals surface area contributed by atoms with E-state index in [1.807, 2.05) is 37.3 Å². The van der Waals surface area contributed by atoms with E-state index in [9.17, 15) is 9.90 Å². The van der Waals surface area contributed by atoms with Crippen LogP contribution in [0.4, 0.5) is 0 Å². The average Bonchev–Trinajstić information content (AvgIpc) is 2.91. The summed E-state index contributed by atoms with van der Waals surface area (Å²) >= 11 is 1.63. The molecule has 3 nitrogen and oxygen atoms in total. The van der Waals surface area contributed by atoms with Crippen LogP contribution in [0.3, 0.4) is 0 Å². The first-order valence-electron chi connectivity index (χ1n) is 6.83. The number of aromatic nitrogens is 1. The summed E-state index contributed by atoms with van der Waals surface area (Å²) < 4.78 is 0. The van der Waals surface area contributed by atoms with Gasteiger partial charge in [-0.1, -0.05) is 25.1 Å². The van der Waals surface area contributed by atoms with E-state index in [2.05, 4.69) is 6.92 Å². The molecular formula is C17H15NO2S. The molecule has 0 aliphatic rings. The Balaban J connectivity index is 2.35. The van der Waals surface area contributed by atoms with Crippen LogP contribution in [0.1, 0.15) is 27.7 Å². The highest BCUT2D eigenvalue weighted by Gasteiger charge is 2.15. The van der Waals surface area contributed by atoms with Crippen LogP contribution in [0.15, 0.2) is 36.4 Å². The molecule has 1 N–H and O–H groups in total. The minimum atomic E-state index is -0.912. The Hall–Kier alpha value is -2.20. The maximum atomic E-state index is 11.6. The van der Waals surface area contributed by atoms with E-state index >= 15 is 0 Å². The van der Waals surface area contributed by atoms with E-state index in [-0.39, 0.29) is 0 Å². The quantitative estimate of drug-likeness (QED) is 0.772. The van der Waals surface area contributed by atoms with Gasteiger partial charge in [-0.05, 0) is 37.1 Å². The molecule has 0 atom stereocenters. The van der Waals surface area contributed by atoms with Crippen molar-refractivity contribution < 1.29 is 9.90 Å². The minimum absolute atomic E-state index is 0.316. The summed E-state index contributed by atoms with van der Waals surface area (Å²) in [7, 11) is 0. The number of para-hydroxylation sites is 1. The van der Waals surface area contributed by atoms with Gasteiger partial charge in [0.25, 0.3) is 0 Å². The number of fused-ring (bicyclic) bond motifs is 1. The molecule has 2 heterocycles. The summed E-state index contributed by atoms with van der Waals surface area (Å²) in [6.07, 6.45) is 0.830. The van der Waals surface area contributed by atoms with E-state index in [4.69, 9.17) is 4.98 Å². The number of nitrogens with zero attached hydrogens (tertiary/aromatic N) is 1. The van der Waals surface area contributed by atoms with Crippen molar-refractivity contribution in [2.75, 3.05) is 0 Å². The smallest absolute Gasteiger partial charge is 0.336 e. The van der Waals surface area contributed by atoms with Crippen LogP contribution in [0.2, 0.25) is 0 Å². The first-order chi connectivity index (χ1) is 10.1. The summed E-state index contributed by atoms with van der Waals surface area (Å²) in [6, 6.07) is 11.4. The fourth-order valence-electron chi connectivity index (χ4n) is 2.47. The Morgan fingerprint density at radius 3 is 2.71 bits per heavy atom. The lowest BCUT2D eigenvalue weighted by Crippen LogP contribution is -2.01. The van der Waals surface area contributed by atoms with Gasteiger partial charge in [0.2, 0.25) is 0 Å². The van der Waals surface area contributed by atoms with Crippen LogP contribution >= 0.6 is 11.3 Å². The number of benzene rings is 1. The third kappa shape index (κ3) is 2.43. The van der Waals surface area contributed by atoms with Crippen molar-refractivity contribution in [3.05, 3.63) is 52.4 Å². The van der Waals surface area contributed by atoms with Gasteiger partial charge in [0, 0.05) is 10.3 Å². The molecule has 2 aromatic heterocycles. The molecule has 0 saturated heterocycles. The molecule has 1 aromatic carbocycles. The van der Waals surface area contributed by atoms with Crippen molar-refractivity contribution >= 4 is 28.2 Å². The molecule has 0 bridgehead atoms. The van der Waals surface area contributed by atoms with E-state index in [1.165, 1.54) is 4.88 Å². The van der Waals surface area contributed by atoms with E-state index in [0.717, 1.165) is 28.1 Å². The molecule has 0 spiro atoms. The molecule has 0 amide bonds. The molecular weight excluding hydrogens is 282 g/mol. The van der Waals surface area contributed by atoms with Crippen molar-refractivity contribution in [1.29, 1.82) is 0 Å². The average molecular weight is 297 g/mol. The highest BCUT2D eigenvalue weighted by Crippen LogP contribution is 2.31. The Morgan fingerprint density at radius 1 is 1.29 bits per heavy atom. The fraction of sp³-hybridized carbons (Fsp3) is 0.176. The standard InChI is InChI=1S/C17H15NO2S/c1-3-11-5-4-6-12-13(17(19)20)9-14(18-16(11)12)15-8-7-10(2)21-15/h4-9H,3H2,1-2H3,(H,19,20). The van der Waals surface area contributed by atoms with Gasteiger partial charge in [0.15, 0.2) is 0 Å². The van der Waals surface area contributed by atoms with Crippen molar-refractivity contribution in [1.82, 2.24) is 4.98 Å². The molecule has 0 aliphatic heterocycles. The number of rotatable bonds is 3. The number of carboxylic acids is 1. The topological polar surface area (TPSA) is 50.2 Å². The van der Waals surface area contributed by atoms with Gasteiger partial charge in [-0.2, -0.15) is 0 Å². The summed E-state index contributed by atoms with van der Waals surface area (Å²) in [5, 5.41) is 10.2. The summed E-state index contributed by atoms with van der Waals surface area (Å²) in [6.45, 7) is 4.09. The zero-order valence-corrected chi connectivity index (χ0v) is 12.7. The predicted molar refractivity (Wildman–Crippen MR) is 86.1 cm³/mol. The van der Waals surface area contributed by atoms with E-state index < -0.39 is 5.97 Å². The lowest BCUT2D eigenvalue weighted by atomic mass is 10.0. The summed E-state index contributed by atoms with van der Waals surface area (Å²) in [5.74, 6) is -0.912. The number of carboxylic acid groups (broad SMARTS) is 1. The van der Waals surface area contributed by atoms with E-state index in [0.29, 0.717) is 10.9 Å². The van der Waals surface area contributed by atoms with Crippen LogP contribution in [-0.4, -0.2) is 16.1 Å². The van der Waals surface area contributed by atoms with Gasteiger partial charge in [0.05, 0.1) is 21.7 Å². The van der Waals surface area contributed by atoms with Gasteiger partial charge < -0.3 is 5.11 Å². The number of hydrogen-bond acceptors (Lipinski definition) is 3. The number of aryl methyl sites for hydroxylation is 2. The first-order valence-corrected chi connectivity index (χ1v) is 7.64. The number of thiophene rings is 1. The second-order valence-corrected chi connectivity index (χ2v) is 6.23. The Morgan fingerprint density at radius 2 is 2.10 bits per heavy atom. The molecule has 3 aromatic rings. The Kier molecular flexibility index (Phi) is 3.47. The predicted octanol–water partition coefficient (Wildman–Crippen LogP) is 4.53. The second kappa shape index (κ2) is 5.30. The molecule has 4 heteroatoms. The lowest BCUT2D eigenvalue weighted by Gasteiger charge is -2.09. The van der Waals surface area contributed by atoms with Crippen LogP contribution in [-0.2, 0) is 6.42 Å². The van der Waals surface area contributed by atoms with E-state index in [1.54, 1.807) is 17.4 Å². The van der Waals surface area contributed by atoms with Gasteiger partial charge in [-0.15, -0.1) is 11.3 Å². The van der Waals surface area contributed by atoms with Crippen molar-refractivity contribution in [3.8, 4) is 10.6 Å². The van der Waals surface area contributed by atoms with Gasteiger partial charge in [-0.3, -0.25) is 0 Å². The van der Waals surface area contributed by atoms with Gasteiger partial charge in [0.1, 0.15) is 0 Å². The number of pyridine rings is 1. The van der Waals surface area contributed by atoms with Crippen LogP contribution in [0.5, 0.6) is 0 Å². The normalized spacial score (nSPS) is 11.0. The molecule has 0 radical (unpaired) electrons. The third-order valence-corrected chi connectivity index (χ3v) is 4.55. The largest absolute Gasteiger partial charge is 0.478 e. The molecule has 0 fully saturated rings. The SMILES string of the molecule is CCc1cccc2c(C(=O)O)cc(-c3ccc(C)s3)nc12. The fourth-order valence-corrected chi connectivity index (χ4v) is 3.30. The van der Waals surface area contributed by atoms with Crippen LogP contribution < -0.4 is 0 Å². The second-order valence-electron chi connectivity index (χ2n) is 4.94. The molecule has 0 unspecified atom stereocenters. The maximum absolute atomic E-state index is 11.6. The first kappa shape index (κ1) is 13.8. The van der Waals surface area contributed by atoms with Crippen molar-refractivity contribution in [3.63, 3.8) is 0 Å². The van der Waals surface area contributed by atoms with Gasteiger partial charge >= 0.3 is 5.97 Å². The Bertz CT molecular complexity index is 836. The van der Waals surface area contributed by atoms with Crippen molar-refractivity contribution in [2.45, 2.75) is 20.3 Å². The van der Waals surface area contributed by atoms with Crippen LogP contribution in [0.25, 0.3) is 21.5 Å². The zero-order valence-electron chi connectivity index (χ0n) is 11.9. The molecule has 106 valence electrons.